The summed E-state index contributed by atoms with van der Waals surface area (Å²) in [5.74, 6) is 0.785. The van der Waals surface area contributed by atoms with E-state index in [1.165, 1.54) is 0 Å². The van der Waals surface area contributed by atoms with Gasteiger partial charge in [0.15, 0.2) is 5.78 Å². The summed E-state index contributed by atoms with van der Waals surface area (Å²) in [4.78, 5) is 31.9. The Morgan fingerprint density at radius 1 is 1.22 bits per heavy atom. The minimum absolute atomic E-state index is 0.00502. The van der Waals surface area contributed by atoms with Crippen molar-refractivity contribution in [2.24, 2.45) is 0 Å². The predicted molar refractivity (Wildman–Crippen MR) is 104 cm³/mol. The number of ketones is 1. The van der Waals surface area contributed by atoms with Crippen LogP contribution < -0.4 is 4.74 Å². The Kier molecular flexibility index (Phi) is 5.96. The highest BCUT2D eigenvalue weighted by molar-refractivity contribution is 6.01. The molecule has 0 saturated carbocycles. The summed E-state index contributed by atoms with van der Waals surface area (Å²) >= 11 is 0. The lowest BCUT2D eigenvalue weighted by molar-refractivity contribution is 0.0787. The first-order chi connectivity index (χ1) is 13.0. The maximum Gasteiger partial charge on any atom is 0.270 e. The molecule has 3 rings (SSSR count). The average molecular weight is 369 g/mol. The quantitative estimate of drug-likeness (QED) is 0.762. The molecule has 0 aliphatic carbocycles. The van der Waals surface area contributed by atoms with Gasteiger partial charge in [0.05, 0.1) is 13.7 Å². The number of hydrogen-bond acceptors (Lipinski definition) is 4. The molecule has 0 bridgehead atoms. The van der Waals surface area contributed by atoms with Crippen molar-refractivity contribution in [2.75, 3.05) is 33.8 Å². The van der Waals surface area contributed by atoms with Crippen LogP contribution in [-0.2, 0) is 0 Å². The summed E-state index contributed by atoms with van der Waals surface area (Å²) in [6, 6.07) is 9.62. The molecule has 1 N–H and O–H groups in total. The first-order valence-electron chi connectivity index (χ1n) is 9.34. The number of likely N-dealkylation sites (N-methyl/N-ethyl adjacent to an activating group) is 1. The Hall–Kier alpha value is -2.60. The zero-order chi connectivity index (χ0) is 19.4. The summed E-state index contributed by atoms with van der Waals surface area (Å²) < 4.78 is 5.19. The highest BCUT2D eigenvalue weighted by Crippen LogP contribution is 2.22. The molecule has 1 aliphatic rings. The average Bonchev–Trinajstić information content (AvgIpc) is 3.39. The van der Waals surface area contributed by atoms with Crippen molar-refractivity contribution >= 4 is 11.7 Å². The van der Waals surface area contributed by atoms with E-state index < -0.39 is 0 Å². The lowest BCUT2D eigenvalue weighted by Gasteiger charge is -2.24. The molecule has 1 fully saturated rings. The second-order valence-electron chi connectivity index (χ2n) is 7.09. The molecule has 1 aromatic heterocycles. The van der Waals surface area contributed by atoms with Gasteiger partial charge in [-0.2, -0.15) is 0 Å². The van der Waals surface area contributed by atoms with Crippen molar-refractivity contribution in [1.29, 1.82) is 0 Å². The normalized spacial score (nSPS) is 15.2. The van der Waals surface area contributed by atoms with E-state index in [2.05, 4.69) is 11.9 Å². The minimum atomic E-state index is -0.0218. The van der Waals surface area contributed by atoms with Gasteiger partial charge in [0.2, 0.25) is 0 Å². The lowest BCUT2D eigenvalue weighted by Crippen LogP contribution is -2.29. The Morgan fingerprint density at radius 2 is 1.89 bits per heavy atom. The molecule has 0 spiro atoms. The standard InChI is InChI=1S/C21H27N3O3/c1-15(16-6-8-18(27-3)9-7-16)23(2)14-20(25)17-12-19(22-13-17)21(26)24-10-4-5-11-24/h6-9,12-13,15,22H,4-5,10-11,14H2,1-3H3. The maximum absolute atomic E-state index is 12.6. The molecule has 144 valence electrons. The molecule has 6 heteroatoms. The van der Waals surface area contributed by atoms with Gasteiger partial charge < -0.3 is 14.6 Å². The van der Waals surface area contributed by atoms with Crippen LogP contribution in [0.25, 0.3) is 0 Å². The summed E-state index contributed by atoms with van der Waals surface area (Å²) in [6.07, 6.45) is 3.73. The number of ether oxygens (including phenoxy) is 1. The zero-order valence-electron chi connectivity index (χ0n) is 16.2. The molecule has 1 unspecified atom stereocenters. The van der Waals surface area contributed by atoms with Crippen LogP contribution in [0.5, 0.6) is 5.75 Å². The van der Waals surface area contributed by atoms with E-state index in [-0.39, 0.29) is 24.3 Å². The number of amides is 1. The smallest absolute Gasteiger partial charge is 0.270 e. The van der Waals surface area contributed by atoms with E-state index in [4.69, 9.17) is 4.74 Å². The van der Waals surface area contributed by atoms with Crippen LogP contribution in [0.2, 0.25) is 0 Å². The fraction of sp³-hybridized carbons (Fsp3) is 0.429. The zero-order valence-corrected chi connectivity index (χ0v) is 16.2. The number of aromatic amines is 1. The van der Waals surface area contributed by atoms with Gasteiger partial charge in [0.25, 0.3) is 5.91 Å². The van der Waals surface area contributed by atoms with Gasteiger partial charge in [0.1, 0.15) is 11.4 Å². The molecule has 1 aliphatic heterocycles. The van der Waals surface area contributed by atoms with Crippen molar-refractivity contribution in [3.05, 3.63) is 53.3 Å². The van der Waals surface area contributed by atoms with Crippen LogP contribution >= 0.6 is 0 Å². The fourth-order valence-electron chi connectivity index (χ4n) is 3.36. The van der Waals surface area contributed by atoms with E-state index in [0.29, 0.717) is 11.3 Å². The van der Waals surface area contributed by atoms with E-state index in [9.17, 15) is 9.59 Å². The molecule has 2 heterocycles. The molecule has 1 aromatic carbocycles. The van der Waals surface area contributed by atoms with Gasteiger partial charge in [-0.05, 0) is 50.6 Å². The second-order valence-corrected chi connectivity index (χ2v) is 7.09. The van der Waals surface area contributed by atoms with Gasteiger partial charge >= 0.3 is 0 Å². The third-order valence-electron chi connectivity index (χ3n) is 5.28. The van der Waals surface area contributed by atoms with Crippen molar-refractivity contribution in [3.63, 3.8) is 0 Å². The van der Waals surface area contributed by atoms with Gasteiger partial charge in [-0.3, -0.25) is 14.5 Å². The lowest BCUT2D eigenvalue weighted by atomic mass is 10.1. The molecular formula is C21H27N3O3. The van der Waals surface area contributed by atoms with Gasteiger partial charge in [0, 0.05) is 30.9 Å². The van der Waals surface area contributed by atoms with Crippen molar-refractivity contribution in [2.45, 2.75) is 25.8 Å². The predicted octanol–water partition coefficient (Wildman–Crippen LogP) is 3.14. The molecule has 0 radical (unpaired) electrons. The molecular weight excluding hydrogens is 342 g/mol. The van der Waals surface area contributed by atoms with Gasteiger partial charge in [-0.25, -0.2) is 0 Å². The second kappa shape index (κ2) is 8.39. The molecule has 6 nitrogen and oxygen atoms in total. The van der Waals surface area contributed by atoms with Gasteiger partial charge in [-0.15, -0.1) is 0 Å². The first kappa shape index (κ1) is 19.2. The van der Waals surface area contributed by atoms with E-state index in [1.807, 2.05) is 41.1 Å². The summed E-state index contributed by atoms with van der Waals surface area (Å²) in [5.41, 5.74) is 2.16. The largest absolute Gasteiger partial charge is 0.497 e. The number of nitrogens with one attached hydrogen (secondary N) is 1. The van der Waals surface area contributed by atoms with Crippen molar-refractivity contribution in [1.82, 2.24) is 14.8 Å². The monoisotopic (exact) mass is 369 g/mol. The third kappa shape index (κ3) is 4.39. The Labute approximate surface area is 160 Å². The number of carbonyl (C=O) groups is 2. The Morgan fingerprint density at radius 3 is 2.52 bits per heavy atom. The molecule has 27 heavy (non-hydrogen) atoms. The number of Topliss-reactive ketones (excluding diaryl/α,β-unsaturated/α-hetero) is 1. The third-order valence-corrected chi connectivity index (χ3v) is 5.28. The Bertz CT molecular complexity index is 791. The number of likely N-dealkylation sites (tertiary alicyclic amines) is 1. The van der Waals surface area contributed by atoms with Crippen LogP contribution in [0.1, 0.15) is 52.2 Å². The molecule has 1 amide bonds. The van der Waals surface area contributed by atoms with Crippen molar-refractivity contribution in [3.8, 4) is 5.75 Å². The highest BCUT2D eigenvalue weighted by atomic mass is 16.5. The van der Waals surface area contributed by atoms with E-state index >= 15 is 0 Å². The summed E-state index contributed by atoms with van der Waals surface area (Å²) in [7, 11) is 3.57. The fourth-order valence-corrected chi connectivity index (χ4v) is 3.36. The number of nitrogens with zero attached hydrogens (tertiary/aromatic N) is 2. The maximum atomic E-state index is 12.6. The number of rotatable bonds is 7. The highest BCUT2D eigenvalue weighted by Gasteiger charge is 2.22. The van der Waals surface area contributed by atoms with Crippen LogP contribution in [0.4, 0.5) is 0 Å². The Balaban J connectivity index is 1.61. The molecule has 2 aromatic rings. The molecule has 1 saturated heterocycles. The number of carbonyl (C=O) groups excluding carboxylic acids is 2. The number of benzene rings is 1. The number of hydrogen-bond donors (Lipinski definition) is 1. The van der Waals surface area contributed by atoms with Crippen LogP contribution in [0.15, 0.2) is 36.5 Å². The number of aromatic nitrogens is 1. The topological polar surface area (TPSA) is 65.6 Å². The van der Waals surface area contributed by atoms with Crippen LogP contribution in [-0.4, -0.2) is 60.3 Å². The minimum Gasteiger partial charge on any atom is -0.497 e. The SMILES string of the molecule is COc1ccc(C(C)N(C)CC(=O)c2c[nH]c(C(=O)N3CCCC3)c2)cc1. The van der Waals surface area contributed by atoms with E-state index in [0.717, 1.165) is 37.2 Å². The number of methoxy groups -OCH3 is 1. The van der Waals surface area contributed by atoms with E-state index in [1.54, 1.807) is 19.4 Å². The number of H-pyrrole nitrogens is 1. The van der Waals surface area contributed by atoms with Crippen molar-refractivity contribution < 1.29 is 14.3 Å². The molecule has 1 atom stereocenters. The first-order valence-corrected chi connectivity index (χ1v) is 9.34. The van der Waals surface area contributed by atoms with Crippen LogP contribution in [0.3, 0.4) is 0 Å². The summed E-state index contributed by atoms with van der Waals surface area (Å²) in [6.45, 7) is 3.93. The summed E-state index contributed by atoms with van der Waals surface area (Å²) in [5, 5.41) is 0. The van der Waals surface area contributed by atoms with Crippen LogP contribution in [0, 0.1) is 0 Å². The van der Waals surface area contributed by atoms with Gasteiger partial charge in [-0.1, -0.05) is 12.1 Å².